The molecule has 3 N–H and O–H groups in total. The van der Waals surface area contributed by atoms with E-state index in [9.17, 15) is 32.7 Å². The van der Waals surface area contributed by atoms with Gasteiger partial charge in [-0.1, -0.05) is 37.6 Å². The zero-order valence-corrected chi connectivity index (χ0v) is 21.9. The number of carboxylic acid groups (broad SMARTS) is 1. The number of hydrogen-bond acceptors (Lipinski definition) is 7. The first-order valence-electron chi connectivity index (χ1n) is 11.9. The van der Waals surface area contributed by atoms with Crippen molar-refractivity contribution in [1.29, 1.82) is 0 Å². The molecule has 3 amide bonds. The monoisotopic (exact) mass is 546 g/mol. The zero-order chi connectivity index (χ0) is 27.9. The van der Waals surface area contributed by atoms with Crippen LogP contribution in [0.3, 0.4) is 0 Å². The predicted molar refractivity (Wildman–Crippen MR) is 136 cm³/mol. The van der Waals surface area contributed by atoms with Crippen molar-refractivity contribution in [2.24, 2.45) is 0 Å². The van der Waals surface area contributed by atoms with Crippen molar-refractivity contribution in [2.45, 2.75) is 32.4 Å². The van der Waals surface area contributed by atoms with E-state index >= 15 is 0 Å². The summed E-state index contributed by atoms with van der Waals surface area (Å²) in [7, 11) is -2.43. The first-order valence-corrected chi connectivity index (χ1v) is 13.3. The van der Waals surface area contributed by atoms with Crippen LogP contribution in [0.4, 0.5) is 0 Å². The fourth-order valence-electron chi connectivity index (χ4n) is 3.92. The van der Waals surface area contributed by atoms with Gasteiger partial charge in [-0.15, -0.1) is 0 Å². The Morgan fingerprint density at radius 3 is 2.32 bits per heavy atom. The fraction of sp³-hybridized carbons (Fsp3) is 0.360. The summed E-state index contributed by atoms with van der Waals surface area (Å²) in [4.78, 5) is 51.0. The maximum Gasteiger partial charge on any atom is 0.323 e. The summed E-state index contributed by atoms with van der Waals surface area (Å²) < 4.78 is 32.0. The smallest absolute Gasteiger partial charge is 0.323 e. The third-order valence-electron chi connectivity index (χ3n) is 5.85. The Morgan fingerprint density at radius 1 is 1.13 bits per heavy atom. The highest BCUT2D eigenvalue weighted by Crippen LogP contribution is 2.26. The number of nitrogens with one attached hydrogen (secondary N) is 2. The molecule has 1 aliphatic heterocycles. The standard InChI is InChI=1S/C25H30N4O8S/c1-3-4-13-26-24(33)23(18-9-11-20(37-2)12-10-18)29(16-22(31)32)25(34)19-7-5-17(6-8-19)14-28-15-21(30)27-38(28,35)36/h5-12,23H,3-4,13-16H2,1-2H3,(H,26,33)(H,27,30)(H,31,32). The maximum atomic E-state index is 13.6. The Labute approximate surface area is 220 Å². The van der Waals surface area contributed by atoms with Crippen LogP contribution >= 0.6 is 0 Å². The molecule has 1 atom stereocenters. The van der Waals surface area contributed by atoms with Crippen LogP contribution in [0.5, 0.6) is 5.75 Å². The molecule has 12 nitrogen and oxygen atoms in total. The molecule has 2 aromatic rings. The number of aliphatic carboxylic acids is 1. The predicted octanol–water partition coefficient (Wildman–Crippen LogP) is 1.06. The fourth-order valence-corrected chi connectivity index (χ4v) is 5.01. The van der Waals surface area contributed by atoms with Gasteiger partial charge in [-0.3, -0.25) is 19.2 Å². The van der Waals surface area contributed by atoms with Gasteiger partial charge in [0, 0.05) is 18.7 Å². The number of carbonyl (C=O) groups is 4. The summed E-state index contributed by atoms with van der Waals surface area (Å²) in [6, 6.07) is 11.1. The number of methoxy groups -OCH3 is 1. The van der Waals surface area contributed by atoms with Gasteiger partial charge in [-0.25, -0.2) is 4.72 Å². The second-order valence-electron chi connectivity index (χ2n) is 8.64. The van der Waals surface area contributed by atoms with Gasteiger partial charge in [0.1, 0.15) is 18.3 Å². The van der Waals surface area contributed by atoms with Crippen LogP contribution in [0.2, 0.25) is 0 Å². The van der Waals surface area contributed by atoms with Crippen molar-refractivity contribution in [3.05, 3.63) is 65.2 Å². The number of ether oxygens (including phenoxy) is 1. The summed E-state index contributed by atoms with van der Waals surface area (Å²) in [6.07, 6.45) is 1.55. The summed E-state index contributed by atoms with van der Waals surface area (Å²) in [5.74, 6) is -2.63. The van der Waals surface area contributed by atoms with Crippen LogP contribution in [-0.4, -0.2) is 73.2 Å². The van der Waals surface area contributed by atoms with E-state index in [2.05, 4.69) is 5.32 Å². The van der Waals surface area contributed by atoms with Gasteiger partial charge in [0.2, 0.25) is 11.8 Å². The van der Waals surface area contributed by atoms with Crippen LogP contribution < -0.4 is 14.8 Å². The summed E-state index contributed by atoms with van der Waals surface area (Å²) in [6.45, 7) is 1.18. The molecular weight excluding hydrogens is 516 g/mol. The van der Waals surface area contributed by atoms with E-state index in [1.807, 2.05) is 11.6 Å². The molecular formula is C25H30N4O8S. The third kappa shape index (κ3) is 7.07. The Balaban J connectivity index is 1.90. The van der Waals surface area contributed by atoms with Gasteiger partial charge in [-0.2, -0.15) is 12.7 Å². The van der Waals surface area contributed by atoms with E-state index in [4.69, 9.17) is 4.74 Å². The first-order chi connectivity index (χ1) is 18.1. The number of carboxylic acids is 1. The average molecular weight is 547 g/mol. The molecule has 0 aromatic heterocycles. The highest BCUT2D eigenvalue weighted by atomic mass is 32.2. The SMILES string of the molecule is CCCCNC(=O)C(c1ccc(OC)cc1)N(CC(=O)O)C(=O)c1ccc(CN2CC(=O)NS2(=O)=O)cc1. The van der Waals surface area contributed by atoms with Gasteiger partial charge in [-0.05, 0) is 41.8 Å². The van der Waals surface area contributed by atoms with Crippen LogP contribution in [0, 0.1) is 0 Å². The molecule has 0 bridgehead atoms. The number of benzene rings is 2. The maximum absolute atomic E-state index is 13.6. The van der Waals surface area contributed by atoms with Crippen LogP contribution in [0.1, 0.15) is 47.3 Å². The molecule has 0 spiro atoms. The second-order valence-corrected chi connectivity index (χ2v) is 10.3. The molecule has 0 radical (unpaired) electrons. The van der Waals surface area contributed by atoms with Gasteiger partial charge in [0.15, 0.2) is 0 Å². The Bertz CT molecular complexity index is 1280. The van der Waals surface area contributed by atoms with E-state index in [0.717, 1.165) is 15.6 Å². The molecule has 1 aliphatic rings. The first kappa shape index (κ1) is 28.6. The average Bonchev–Trinajstić information content (AvgIpc) is 3.14. The Morgan fingerprint density at radius 2 is 1.79 bits per heavy atom. The number of nitrogens with zero attached hydrogens (tertiary/aromatic N) is 2. The number of carbonyl (C=O) groups excluding carboxylic acids is 3. The van der Waals surface area contributed by atoms with Gasteiger partial charge >= 0.3 is 16.2 Å². The minimum absolute atomic E-state index is 0.0946. The van der Waals surface area contributed by atoms with Gasteiger partial charge in [0.25, 0.3) is 5.91 Å². The quantitative estimate of drug-likeness (QED) is 0.333. The summed E-state index contributed by atoms with van der Waals surface area (Å²) in [5, 5.41) is 12.4. The number of hydrogen-bond donors (Lipinski definition) is 3. The van der Waals surface area contributed by atoms with E-state index in [0.29, 0.717) is 29.8 Å². The molecule has 2 aromatic carbocycles. The number of amides is 3. The lowest BCUT2D eigenvalue weighted by molar-refractivity contribution is -0.139. The lowest BCUT2D eigenvalue weighted by Gasteiger charge is -2.30. The van der Waals surface area contributed by atoms with Crippen molar-refractivity contribution in [2.75, 3.05) is 26.7 Å². The largest absolute Gasteiger partial charge is 0.497 e. The molecule has 1 fully saturated rings. The number of rotatable bonds is 12. The molecule has 3 rings (SSSR count). The van der Waals surface area contributed by atoms with E-state index in [1.54, 1.807) is 24.3 Å². The topological polar surface area (TPSA) is 162 Å². The Hall–Kier alpha value is -3.97. The summed E-state index contributed by atoms with van der Waals surface area (Å²) in [5.41, 5.74) is 1.02. The normalized spacial score (nSPS) is 15.4. The van der Waals surface area contributed by atoms with Crippen molar-refractivity contribution >= 4 is 33.9 Å². The van der Waals surface area contributed by atoms with Crippen LogP contribution in [0.15, 0.2) is 48.5 Å². The molecule has 1 heterocycles. The minimum Gasteiger partial charge on any atom is -0.497 e. The molecule has 0 saturated carbocycles. The minimum atomic E-state index is -3.91. The van der Waals surface area contributed by atoms with Crippen LogP contribution in [0.25, 0.3) is 0 Å². The highest BCUT2D eigenvalue weighted by Gasteiger charge is 2.35. The summed E-state index contributed by atoms with van der Waals surface area (Å²) >= 11 is 0. The van der Waals surface area contributed by atoms with Gasteiger partial charge in [0.05, 0.1) is 13.7 Å². The van der Waals surface area contributed by atoms with E-state index < -0.39 is 46.5 Å². The van der Waals surface area contributed by atoms with Crippen LogP contribution in [-0.2, 0) is 31.1 Å². The zero-order valence-electron chi connectivity index (χ0n) is 21.0. The van der Waals surface area contributed by atoms with Crippen molar-refractivity contribution < 1.29 is 37.4 Å². The molecule has 1 unspecified atom stereocenters. The van der Waals surface area contributed by atoms with Crippen molar-refractivity contribution in [3.63, 3.8) is 0 Å². The second kappa shape index (κ2) is 12.5. The lowest BCUT2D eigenvalue weighted by atomic mass is 10.0. The van der Waals surface area contributed by atoms with Crippen molar-refractivity contribution in [3.8, 4) is 5.75 Å². The van der Waals surface area contributed by atoms with Gasteiger partial charge < -0.3 is 20.1 Å². The lowest BCUT2D eigenvalue weighted by Crippen LogP contribution is -2.46. The van der Waals surface area contributed by atoms with E-state index in [-0.39, 0.29) is 18.7 Å². The number of unbranched alkanes of at least 4 members (excludes halogenated alkanes) is 1. The highest BCUT2D eigenvalue weighted by molar-refractivity contribution is 7.88. The molecule has 204 valence electrons. The Kier molecular flexibility index (Phi) is 9.42. The third-order valence-corrected chi connectivity index (χ3v) is 7.27. The molecule has 1 saturated heterocycles. The van der Waals surface area contributed by atoms with E-state index in [1.165, 1.54) is 31.4 Å². The van der Waals surface area contributed by atoms with Crippen molar-refractivity contribution in [1.82, 2.24) is 19.2 Å². The molecule has 38 heavy (non-hydrogen) atoms. The molecule has 0 aliphatic carbocycles. The molecule has 13 heteroatoms.